The van der Waals surface area contributed by atoms with Crippen molar-refractivity contribution in [3.63, 3.8) is 0 Å². The molecule has 1 aliphatic heterocycles. The minimum atomic E-state index is 0.0501. The van der Waals surface area contributed by atoms with Crippen LogP contribution < -0.4 is 4.90 Å². The summed E-state index contributed by atoms with van der Waals surface area (Å²) in [5, 5.41) is 2.35. The standard InChI is InChI=1S/C20H15NO/c1-21-19-12-5-4-11-17(19)18(20(21)22)13-15-9-6-8-14-7-2-3-10-16(14)15/h2-13H,1H3/b18-13-. The number of carbonyl (C=O) groups excluding carboxylic acids is 1. The van der Waals surface area contributed by atoms with E-state index in [2.05, 4.69) is 24.3 Å². The van der Waals surface area contributed by atoms with Gasteiger partial charge in [-0.2, -0.15) is 0 Å². The van der Waals surface area contributed by atoms with Gasteiger partial charge < -0.3 is 4.90 Å². The van der Waals surface area contributed by atoms with E-state index in [1.54, 1.807) is 4.90 Å². The summed E-state index contributed by atoms with van der Waals surface area (Å²) in [7, 11) is 1.82. The van der Waals surface area contributed by atoms with Crippen LogP contribution >= 0.6 is 0 Å². The van der Waals surface area contributed by atoms with Gasteiger partial charge in [0.1, 0.15) is 0 Å². The molecule has 0 unspecified atom stereocenters. The highest BCUT2D eigenvalue weighted by Gasteiger charge is 2.29. The molecule has 106 valence electrons. The number of carbonyl (C=O) groups is 1. The summed E-state index contributed by atoms with van der Waals surface area (Å²) < 4.78 is 0. The molecule has 0 aromatic heterocycles. The van der Waals surface area contributed by atoms with Gasteiger partial charge in [0, 0.05) is 18.2 Å². The number of para-hydroxylation sites is 1. The Hall–Kier alpha value is -2.87. The van der Waals surface area contributed by atoms with Gasteiger partial charge >= 0.3 is 0 Å². The third-order valence-electron chi connectivity index (χ3n) is 4.21. The van der Waals surface area contributed by atoms with E-state index in [1.165, 1.54) is 5.39 Å². The molecule has 0 N–H and O–H groups in total. The average Bonchev–Trinajstić information content (AvgIpc) is 2.81. The summed E-state index contributed by atoms with van der Waals surface area (Å²) in [6.07, 6.45) is 2.01. The Morgan fingerprint density at radius 3 is 2.50 bits per heavy atom. The molecule has 0 radical (unpaired) electrons. The summed E-state index contributed by atoms with van der Waals surface area (Å²) in [6.45, 7) is 0. The van der Waals surface area contributed by atoms with Crippen molar-refractivity contribution < 1.29 is 4.79 Å². The Morgan fingerprint density at radius 1 is 0.864 bits per heavy atom. The zero-order valence-electron chi connectivity index (χ0n) is 12.3. The normalized spacial score (nSPS) is 15.6. The van der Waals surface area contributed by atoms with Crippen LogP contribution in [0, 0.1) is 0 Å². The third kappa shape index (κ3) is 1.85. The number of fused-ring (bicyclic) bond motifs is 2. The van der Waals surface area contributed by atoms with Crippen LogP contribution in [-0.2, 0) is 4.79 Å². The van der Waals surface area contributed by atoms with Crippen molar-refractivity contribution in [2.45, 2.75) is 0 Å². The predicted molar refractivity (Wildman–Crippen MR) is 91.7 cm³/mol. The SMILES string of the molecule is CN1C(=O)/C(=C\c2cccc3ccccc23)c2ccccc21. The highest BCUT2D eigenvalue weighted by Crippen LogP contribution is 2.37. The average molecular weight is 285 g/mol. The van der Waals surface area contributed by atoms with E-state index >= 15 is 0 Å². The summed E-state index contributed by atoms with van der Waals surface area (Å²) in [4.78, 5) is 14.3. The molecule has 3 aromatic rings. The van der Waals surface area contributed by atoms with Crippen molar-refractivity contribution in [1.82, 2.24) is 0 Å². The maximum absolute atomic E-state index is 12.6. The molecule has 2 nitrogen and oxygen atoms in total. The number of anilines is 1. The number of rotatable bonds is 1. The molecule has 4 rings (SSSR count). The molecule has 3 aromatic carbocycles. The van der Waals surface area contributed by atoms with E-state index in [4.69, 9.17) is 0 Å². The lowest BCUT2D eigenvalue weighted by Gasteiger charge is -2.08. The van der Waals surface area contributed by atoms with Crippen LogP contribution in [0.2, 0.25) is 0 Å². The Morgan fingerprint density at radius 2 is 1.59 bits per heavy atom. The Kier molecular flexibility index (Phi) is 2.83. The van der Waals surface area contributed by atoms with Crippen molar-refractivity contribution in [1.29, 1.82) is 0 Å². The Bertz CT molecular complexity index is 918. The van der Waals surface area contributed by atoms with Crippen molar-refractivity contribution in [3.05, 3.63) is 77.9 Å². The molecule has 0 bridgehead atoms. The first-order valence-corrected chi connectivity index (χ1v) is 7.32. The molecular weight excluding hydrogens is 270 g/mol. The van der Waals surface area contributed by atoms with Crippen LogP contribution in [0.15, 0.2) is 66.7 Å². The van der Waals surface area contributed by atoms with Gasteiger partial charge in [-0.15, -0.1) is 0 Å². The number of hydrogen-bond donors (Lipinski definition) is 0. The highest BCUT2D eigenvalue weighted by atomic mass is 16.2. The predicted octanol–water partition coefficient (Wildman–Crippen LogP) is 4.36. The second-order valence-corrected chi connectivity index (χ2v) is 5.51. The largest absolute Gasteiger partial charge is 0.311 e. The van der Waals surface area contributed by atoms with Gasteiger partial charge in [-0.3, -0.25) is 4.79 Å². The lowest BCUT2D eigenvalue weighted by atomic mass is 10.00. The van der Waals surface area contributed by atoms with E-state index in [9.17, 15) is 4.79 Å². The van der Waals surface area contributed by atoms with Gasteiger partial charge in [0.25, 0.3) is 5.91 Å². The second kappa shape index (κ2) is 4.85. The lowest BCUT2D eigenvalue weighted by molar-refractivity contribution is -0.112. The molecule has 0 spiro atoms. The van der Waals surface area contributed by atoms with E-state index in [1.807, 2.05) is 55.6 Å². The Labute approximate surface area is 129 Å². The van der Waals surface area contributed by atoms with Crippen LogP contribution in [0.25, 0.3) is 22.4 Å². The van der Waals surface area contributed by atoms with Gasteiger partial charge in [0.2, 0.25) is 0 Å². The summed E-state index contributed by atoms with van der Waals surface area (Å²) in [6, 6.07) is 22.4. The Balaban J connectivity index is 1.94. The molecule has 0 saturated heterocycles. The fourth-order valence-corrected chi connectivity index (χ4v) is 3.07. The van der Waals surface area contributed by atoms with E-state index < -0.39 is 0 Å². The van der Waals surface area contributed by atoms with Gasteiger partial charge in [-0.1, -0.05) is 60.7 Å². The first-order chi connectivity index (χ1) is 10.8. The molecule has 0 aliphatic carbocycles. The maximum atomic E-state index is 12.6. The molecule has 0 atom stereocenters. The summed E-state index contributed by atoms with van der Waals surface area (Å²) >= 11 is 0. The topological polar surface area (TPSA) is 20.3 Å². The quantitative estimate of drug-likeness (QED) is 0.608. The van der Waals surface area contributed by atoms with Crippen molar-refractivity contribution >= 4 is 34.0 Å². The molecule has 2 heteroatoms. The van der Waals surface area contributed by atoms with Gasteiger partial charge in [0.05, 0.1) is 5.69 Å². The van der Waals surface area contributed by atoms with Crippen molar-refractivity contribution in [2.24, 2.45) is 0 Å². The van der Waals surface area contributed by atoms with Crippen molar-refractivity contribution in [3.8, 4) is 0 Å². The smallest absolute Gasteiger partial charge is 0.258 e. The number of hydrogen-bond acceptors (Lipinski definition) is 1. The maximum Gasteiger partial charge on any atom is 0.258 e. The van der Waals surface area contributed by atoms with E-state index in [0.717, 1.165) is 27.8 Å². The molecular formula is C20H15NO. The highest BCUT2D eigenvalue weighted by molar-refractivity contribution is 6.36. The van der Waals surface area contributed by atoms with Crippen LogP contribution in [0.1, 0.15) is 11.1 Å². The number of nitrogens with zero attached hydrogens (tertiary/aromatic N) is 1. The monoisotopic (exact) mass is 285 g/mol. The summed E-state index contributed by atoms with van der Waals surface area (Å²) in [5.74, 6) is 0.0501. The van der Waals surface area contributed by atoms with Crippen LogP contribution in [-0.4, -0.2) is 13.0 Å². The number of likely N-dealkylation sites (N-methyl/N-ethyl adjacent to an activating group) is 1. The number of amides is 1. The molecule has 1 aliphatic rings. The zero-order valence-corrected chi connectivity index (χ0v) is 12.3. The molecule has 22 heavy (non-hydrogen) atoms. The second-order valence-electron chi connectivity index (χ2n) is 5.51. The van der Waals surface area contributed by atoms with E-state index in [0.29, 0.717) is 0 Å². The molecule has 1 amide bonds. The first-order valence-electron chi connectivity index (χ1n) is 7.32. The molecule has 0 saturated carbocycles. The molecule has 1 heterocycles. The zero-order chi connectivity index (χ0) is 15.1. The lowest BCUT2D eigenvalue weighted by Crippen LogP contribution is -2.20. The van der Waals surface area contributed by atoms with E-state index in [-0.39, 0.29) is 5.91 Å². The molecule has 0 fully saturated rings. The summed E-state index contributed by atoms with van der Waals surface area (Å²) in [5.41, 5.74) is 3.81. The first kappa shape index (κ1) is 12.8. The fourth-order valence-electron chi connectivity index (χ4n) is 3.07. The third-order valence-corrected chi connectivity index (χ3v) is 4.21. The van der Waals surface area contributed by atoms with Crippen LogP contribution in [0.4, 0.5) is 5.69 Å². The van der Waals surface area contributed by atoms with Gasteiger partial charge in [-0.25, -0.2) is 0 Å². The van der Waals surface area contributed by atoms with Crippen LogP contribution in [0.5, 0.6) is 0 Å². The fraction of sp³-hybridized carbons (Fsp3) is 0.0500. The minimum Gasteiger partial charge on any atom is -0.311 e. The number of benzene rings is 3. The van der Waals surface area contributed by atoms with Gasteiger partial charge in [-0.05, 0) is 28.5 Å². The van der Waals surface area contributed by atoms with Crippen molar-refractivity contribution in [2.75, 3.05) is 11.9 Å². The minimum absolute atomic E-state index is 0.0501. The van der Waals surface area contributed by atoms with Crippen LogP contribution in [0.3, 0.4) is 0 Å². The van der Waals surface area contributed by atoms with Gasteiger partial charge in [0.15, 0.2) is 0 Å².